The Labute approximate surface area is 72.1 Å². The molecule has 0 aliphatic carbocycles. The molecule has 1 rings (SSSR count). The molecule has 1 heterocycles. The normalized spacial score (nSPS) is 22.8. The van der Waals surface area contributed by atoms with E-state index in [1.807, 2.05) is 0 Å². The lowest BCUT2D eigenvalue weighted by Gasteiger charge is -2.21. The maximum Gasteiger partial charge on any atom is 0.240 e. The van der Waals surface area contributed by atoms with E-state index >= 15 is 0 Å². The highest BCUT2D eigenvalue weighted by atomic mass is 16.5. The van der Waals surface area contributed by atoms with Gasteiger partial charge in [0.15, 0.2) is 0 Å². The summed E-state index contributed by atoms with van der Waals surface area (Å²) in [6, 6.07) is 0. The molecule has 0 radical (unpaired) electrons. The minimum absolute atomic E-state index is 0.211. The molecular formula is C9H13NO2. The van der Waals surface area contributed by atoms with Gasteiger partial charge in [-0.3, -0.25) is 0 Å². The molecule has 0 N–H and O–H groups in total. The number of isocyanates is 1. The first-order valence-electron chi connectivity index (χ1n) is 4.20. The van der Waals surface area contributed by atoms with E-state index in [1.165, 1.54) is 12.5 Å². The number of hydrogen-bond acceptors (Lipinski definition) is 3. The fourth-order valence-corrected chi connectivity index (χ4v) is 1.34. The Bertz CT molecular complexity index is 201. The van der Waals surface area contributed by atoms with Crippen LogP contribution in [0, 0.1) is 0 Å². The molecule has 3 nitrogen and oxygen atoms in total. The Morgan fingerprint density at radius 3 is 3.08 bits per heavy atom. The third-order valence-corrected chi connectivity index (χ3v) is 1.94. The summed E-state index contributed by atoms with van der Waals surface area (Å²) in [5, 5.41) is 0. The highest BCUT2D eigenvalue weighted by molar-refractivity contribution is 5.36. The van der Waals surface area contributed by atoms with Gasteiger partial charge < -0.3 is 4.74 Å². The first-order valence-corrected chi connectivity index (χ1v) is 4.20. The smallest absolute Gasteiger partial charge is 0.240 e. The summed E-state index contributed by atoms with van der Waals surface area (Å²) in [5.74, 6) is 0. The number of hydrogen-bond donors (Lipinski definition) is 0. The Kier molecular flexibility index (Phi) is 3.71. The maximum atomic E-state index is 9.86. The summed E-state index contributed by atoms with van der Waals surface area (Å²) in [6.45, 7) is 4.45. The molecule has 0 bridgehead atoms. The molecule has 0 amide bonds. The number of carbonyl (C=O) groups excluding carboxylic acids is 1. The molecule has 1 unspecified atom stereocenters. The van der Waals surface area contributed by atoms with Crippen LogP contribution < -0.4 is 0 Å². The van der Waals surface area contributed by atoms with Crippen molar-refractivity contribution in [1.29, 1.82) is 0 Å². The van der Waals surface area contributed by atoms with E-state index in [-0.39, 0.29) is 6.10 Å². The molecule has 0 aromatic rings. The average molecular weight is 167 g/mol. The topological polar surface area (TPSA) is 38.7 Å². The fraction of sp³-hybridized carbons (Fsp3) is 0.667. The number of ether oxygens (including phenoxy) is 1. The molecule has 0 saturated carbocycles. The van der Waals surface area contributed by atoms with E-state index in [4.69, 9.17) is 4.74 Å². The standard InChI is InChI=1S/C9H13NO2/c1-8(10-7-11)6-9-4-2-3-5-12-9/h9H,1-6H2. The number of rotatable bonds is 3. The van der Waals surface area contributed by atoms with Crippen LogP contribution in [0.2, 0.25) is 0 Å². The van der Waals surface area contributed by atoms with E-state index < -0.39 is 0 Å². The van der Waals surface area contributed by atoms with Crippen molar-refractivity contribution < 1.29 is 9.53 Å². The van der Waals surface area contributed by atoms with E-state index in [0.717, 1.165) is 19.4 Å². The minimum atomic E-state index is 0.211. The Balaban J connectivity index is 2.29. The van der Waals surface area contributed by atoms with Crippen LogP contribution in [0.4, 0.5) is 0 Å². The molecular weight excluding hydrogens is 154 g/mol. The van der Waals surface area contributed by atoms with Crippen LogP contribution in [0.3, 0.4) is 0 Å². The van der Waals surface area contributed by atoms with Gasteiger partial charge in [0.1, 0.15) is 0 Å². The molecule has 1 aliphatic heterocycles. The summed E-state index contributed by atoms with van der Waals surface area (Å²) in [6.07, 6.45) is 5.74. The van der Waals surface area contributed by atoms with Crippen LogP contribution in [0.25, 0.3) is 0 Å². The predicted octanol–water partition coefficient (Wildman–Crippen LogP) is 1.80. The fourth-order valence-electron chi connectivity index (χ4n) is 1.34. The van der Waals surface area contributed by atoms with Gasteiger partial charge >= 0.3 is 0 Å². The molecule has 1 aliphatic rings. The lowest BCUT2D eigenvalue weighted by molar-refractivity contribution is 0.0167. The molecule has 0 aromatic carbocycles. The Hall–Kier alpha value is -0.920. The van der Waals surface area contributed by atoms with Crippen LogP contribution in [0.5, 0.6) is 0 Å². The van der Waals surface area contributed by atoms with Crippen molar-refractivity contribution in [2.45, 2.75) is 31.8 Å². The summed E-state index contributed by atoms with van der Waals surface area (Å²) in [4.78, 5) is 13.3. The quantitative estimate of drug-likeness (QED) is 0.475. The van der Waals surface area contributed by atoms with Crippen LogP contribution in [-0.2, 0) is 9.53 Å². The van der Waals surface area contributed by atoms with Gasteiger partial charge in [0.05, 0.1) is 6.10 Å². The van der Waals surface area contributed by atoms with Crippen molar-refractivity contribution in [3.05, 3.63) is 12.3 Å². The molecule has 66 valence electrons. The van der Waals surface area contributed by atoms with Gasteiger partial charge in [-0.15, -0.1) is 0 Å². The maximum absolute atomic E-state index is 9.86. The lowest BCUT2D eigenvalue weighted by atomic mass is 10.1. The SMILES string of the molecule is C=C(CC1CCCCO1)N=C=O. The summed E-state index contributed by atoms with van der Waals surface area (Å²) < 4.78 is 5.44. The number of nitrogens with zero attached hydrogens (tertiary/aromatic N) is 1. The van der Waals surface area contributed by atoms with Crippen molar-refractivity contribution >= 4 is 6.08 Å². The minimum Gasteiger partial charge on any atom is -0.378 e. The van der Waals surface area contributed by atoms with Crippen LogP contribution in [-0.4, -0.2) is 18.8 Å². The van der Waals surface area contributed by atoms with Gasteiger partial charge in [-0.25, -0.2) is 4.79 Å². The Morgan fingerprint density at radius 1 is 1.67 bits per heavy atom. The van der Waals surface area contributed by atoms with Gasteiger partial charge in [-0.1, -0.05) is 6.58 Å². The third kappa shape index (κ3) is 2.99. The average Bonchev–Trinajstić information content (AvgIpc) is 2.06. The van der Waals surface area contributed by atoms with E-state index in [0.29, 0.717) is 12.1 Å². The molecule has 0 spiro atoms. The second-order valence-electron chi connectivity index (χ2n) is 2.96. The zero-order valence-corrected chi connectivity index (χ0v) is 7.08. The van der Waals surface area contributed by atoms with Crippen LogP contribution in [0.15, 0.2) is 17.3 Å². The highest BCUT2D eigenvalue weighted by Gasteiger charge is 2.14. The molecule has 1 saturated heterocycles. The molecule has 0 aromatic heterocycles. The van der Waals surface area contributed by atoms with Gasteiger partial charge in [0, 0.05) is 18.7 Å². The van der Waals surface area contributed by atoms with E-state index in [9.17, 15) is 4.79 Å². The van der Waals surface area contributed by atoms with Gasteiger partial charge in [0.2, 0.25) is 6.08 Å². The summed E-state index contributed by atoms with van der Waals surface area (Å²) >= 11 is 0. The van der Waals surface area contributed by atoms with E-state index in [2.05, 4.69) is 11.6 Å². The first kappa shape index (κ1) is 9.17. The van der Waals surface area contributed by atoms with Crippen molar-refractivity contribution in [2.75, 3.05) is 6.61 Å². The monoisotopic (exact) mass is 167 g/mol. The van der Waals surface area contributed by atoms with Crippen molar-refractivity contribution in [2.24, 2.45) is 4.99 Å². The zero-order valence-electron chi connectivity index (χ0n) is 7.08. The van der Waals surface area contributed by atoms with Gasteiger partial charge in [0.25, 0.3) is 0 Å². The first-order chi connectivity index (χ1) is 5.83. The Morgan fingerprint density at radius 2 is 2.50 bits per heavy atom. The highest BCUT2D eigenvalue weighted by Crippen LogP contribution is 2.18. The molecule has 1 fully saturated rings. The second-order valence-corrected chi connectivity index (χ2v) is 2.96. The largest absolute Gasteiger partial charge is 0.378 e. The zero-order chi connectivity index (χ0) is 8.81. The number of aliphatic imine (C=N–C) groups is 1. The van der Waals surface area contributed by atoms with Crippen LogP contribution in [0.1, 0.15) is 25.7 Å². The summed E-state index contributed by atoms with van der Waals surface area (Å²) in [7, 11) is 0. The van der Waals surface area contributed by atoms with Crippen molar-refractivity contribution in [1.82, 2.24) is 0 Å². The molecule has 1 atom stereocenters. The van der Waals surface area contributed by atoms with Crippen molar-refractivity contribution in [3.8, 4) is 0 Å². The third-order valence-electron chi connectivity index (χ3n) is 1.94. The molecule has 3 heteroatoms. The van der Waals surface area contributed by atoms with E-state index in [1.54, 1.807) is 0 Å². The predicted molar refractivity (Wildman–Crippen MR) is 45.5 cm³/mol. The van der Waals surface area contributed by atoms with Crippen molar-refractivity contribution in [3.63, 3.8) is 0 Å². The lowest BCUT2D eigenvalue weighted by Crippen LogP contribution is -2.18. The molecule has 12 heavy (non-hydrogen) atoms. The van der Waals surface area contributed by atoms with Crippen LogP contribution >= 0.6 is 0 Å². The summed E-state index contributed by atoms with van der Waals surface area (Å²) in [5.41, 5.74) is 0.567. The van der Waals surface area contributed by atoms with Gasteiger partial charge in [-0.05, 0) is 19.3 Å². The van der Waals surface area contributed by atoms with Gasteiger partial charge in [-0.2, -0.15) is 4.99 Å². The second kappa shape index (κ2) is 4.86.